The fourth-order valence-corrected chi connectivity index (χ4v) is 9.16. The highest BCUT2D eigenvalue weighted by Crippen LogP contribution is 2.43. The van der Waals surface area contributed by atoms with Crippen molar-refractivity contribution in [3.8, 4) is 0 Å². The first kappa shape index (κ1) is 16.2. The molecule has 0 saturated carbocycles. The van der Waals surface area contributed by atoms with E-state index < -0.39 is 14.6 Å². The van der Waals surface area contributed by atoms with Gasteiger partial charge in [-0.15, -0.1) is 0 Å². The second kappa shape index (κ2) is 6.50. The lowest BCUT2D eigenvalue weighted by molar-refractivity contribution is -0.150. The molecule has 18 heavy (non-hydrogen) atoms. The van der Waals surface area contributed by atoms with E-state index in [0.29, 0.717) is 29.7 Å². The average molecular weight is 274 g/mol. The van der Waals surface area contributed by atoms with E-state index in [1.807, 2.05) is 0 Å². The molecule has 108 valence electrons. The summed E-state index contributed by atoms with van der Waals surface area (Å²) < 4.78 is 11.8. The normalized spacial score (nSPS) is 26.3. The zero-order valence-corrected chi connectivity index (χ0v) is 13.8. The maximum absolute atomic E-state index is 9.61. The first-order chi connectivity index (χ1) is 8.30. The van der Waals surface area contributed by atoms with Crippen molar-refractivity contribution in [2.75, 3.05) is 6.61 Å². The van der Waals surface area contributed by atoms with Gasteiger partial charge in [0.15, 0.2) is 6.29 Å². The van der Waals surface area contributed by atoms with Crippen LogP contribution in [0.5, 0.6) is 0 Å². The molecule has 3 nitrogen and oxygen atoms in total. The van der Waals surface area contributed by atoms with Crippen LogP contribution in [-0.2, 0) is 9.16 Å². The maximum atomic E-state index is 9.61. The van der Waals surface area contributed by atoms with Gasteiger partial charge >= 0.3 is 0 Å². The Kier molecular flexibility index (Phi) is 5.84. The molecule has 0 aliphatic carbocycles. The summed E-state index contributed by atoms with van der Waals surface area (Å²) in [6.45, 7) is 14.4. The number of aliphatic hydroxyl groups excluding tert-OH is 1. The summed E-state index contributed by atoms with van der Waals surface area (Å²) in [5, 5.41) is 9.61. The van der Waals surface area contributed by atoms with Crippen molar-refractivity contribution in [3.63, 3.8) is 0 Å². The highest BCUT2D eigenvalue weighted by atomic mass is 28.4. The van der Waals surface area contributed by atoms with Gasteiger partial charge in [-0.3, -0.25) is 0 Å². The predicted octanol–water partition coefficient (Wildman–Crippen LogP) is 3.68. The minimum absolute atomic E-state index is 0.174. The fourth-order valence-electron chi connectivity index (χ4n) is 3.55. The molecule has 0 amide bonds. The van der Waals surface area contributed by atoms with E-state index >= 15 is 0 Å². The first-order valence-electron chi connectivity index (χ1n) is 7.28. The Morgan fingerprint density at radius 1 is 1.06 bits per heavy atom. The fraction of sp³-hybridized carbons (Fsp3) is 1.00. The van der Waals surface area contributed by atoms with Gasteiger partial charge in [0.25, 0.3) is 0 Å². The third-order valence-corrected chi connectivity index (χ3v) is 10.4. The molecular weight excluding hydrogens is 244 g/mol. The molecule has 0 aromatic heterocycles. The monoisotopic (exact) mass is 274 g/mol. The molecule has 1 aliphatic heterocycles. The largest absolute Gasteiger partial charge is 0.413 e. The van der Waals surface area contributed by atoms with Crippen LogP contribution in [0.1, 0.15) is 54.4 Å². The molecule has 4 heteroatoms. The second-order valence-corrected chi connectivity index (χ2v) is 11.8. The minimum Gasteiger partial charge on any atom is -0.413 e. The Bertz CT molecular complexity index is 232. The lowest BCUT2D eigenvalue weighted by Crippen LogP contribution is -2.51. The minimum atomic E-state index is -1.81. The summed E-state index contributed by atoms with van der Waals surface area (Å²) in [4.78, 5) is 0. The zero-order valence-electron chi connectivity index (χ0n) is 12.8. The van der Waals surface area contributed by atoms with Crippen molar-refractivity contribution in [1.82, 2.24) is 0 Å². The molecule has 0 aromatic rings. The third kappa shape index (κ3) is 3.35. The highest BCUT2D eigenvalue weighted by Gasteiger charge is 2.47. The van der Waals surface area contributed by atoms with Crippen LogP contribution in [0.15, 0.2) is 0 Å². The summed E-state index contributed by atoms with van der Waals surface area (Å²) in [5.74, 6) is 0. The predicted molar refractivity (Wildman–Crippen MR) is 77.1 cm³/mol. The second-order valence-electron chi connectivity index (χ2n) is 6.41. The van der Waals surface area contributed by atoms with Crippen molar-refractivity contribution >= 4 is 8.32 Å². The molecule has 0 radical (unpaired) electrons. The van der Waals surface area contributed by atoms with Crippen molar-refractivity contribution in [3.05, 3.63) is 0 Å². The van der Waals surface area contributed by atoms with E-state index in [-0.39, 0.29) is 6.10 Å². The summed E-state index contributed by atoms with van der Waals surface area (Å²) in [7, 11) is -1.81. The zero-order chi connectivity index (χ0) is 13.9. The average Bonchev–Trinajstić information content (AvgIpc) is 2.24. The number of aliphatic hydroxyl groups is 1. The number of ether oxygens (including phenoxy) is 1. The molecule has 0 bridgehead atoms. The van der Waals surface area contributed by atoms with E-state index in [2.05, 4.69) is 41.5 Å². The molecule has 1 aliphatic rings. The van der Waals surface area contributed by atoms with E-state index in [9.17, 15) is 5.11 Å². The first-order valence-corrected chi connectivity index (χ1v) is 9.42. The Labute approximate surface area is 113 Å². The third-order valence-electron chi connectivity index (χ3n) is 4.29. The summed E-state index contributed by atoms with van der Waals surface area (Å²) in [5.41, 5.74) is 1.78. The van der Waals surface area contributed by atoms with Crippen molar-refractivity contribution in [2.24, 2.45) is 0 Å². The smallest absolute Gasteiger partial charge is 0.200 e. The Morgan fingerprint density at radius 2 is 1.56 bits per heavy atom. The van der Waals surface area contributed by atoms with Crippen molar-refractivity contribution < 1.29 is 14.3 Å². The van der Waals surface area contributed by atoms with Gasteiger partial charge in [0.05, 0.1) is 12.7 Å². The van der Waals surface area contributed by atoms with Gasteiger partial charge in [0, 0.05) is 6.42 Å². The number of hydrogen-bond acceptors (Lipinski definition) is 3. The van der Waals surface area contributed by atoms with Crippen LogP contribution in [0.25, 0.3) is 0 Å². The number of rotatable bonds is 5. The molecular formula is C14H30O3Si. The van der Waals surface area contributed by atoms with E-state index in [1.54, 1.807) is 0 Å². The van der Waals surface area contributed by atoms with Crippen LogP contribution >= 0.6 is 0 Å². The van der Waals surface area contributed by atoms with Gasteiger partial charge in [0.1, 0.15) is 0 Å². The Balaban J connectivity index is 2.83. The topological polar surface area (TPSA) is 38.7 Å². The van der Waals surface area contributed by atoms with Crippen molar-refractivity contribution in [2.45, 2.75) is 83.4 Å². The van der Waals surface area contributed by atoms with Crippen LogP contribution in [0.2, 0.25) is 16.6 Å². The lowest BCUT2D eigenvalue weighted by Gasteiger charge is -2.45. The van der Waals surface area contributed by atoms with Gasteiger partial charge in [-0.25, -0.2) is 0 Å². The summed E-state index contributed by atoms with van der Waals surface area (Å²) >= 11 is 0. The van der Waals surface area contributed by atoms with Crippen LogP contribution < -0.4 is 0 Å². The molecule has 1 saturated heterocycles. The van der Waals surface area contributed by atoms with Gasteiger partial charge in [-0.05, 0) is 23.0 Å². The van der Waals surface area contributed by atoms with E-state index in [0.717, 1.165) is 6.42 Å². The maximum Gasteiger partial charge on any atom is 0.200 e. The molecule has 1 N–H and O–H groups in total. The molecule has 1 unspecified atom stereocenters. The molecule has 2 atom stereocenters. The SMILES string of the molecule is CC(C)[Si](O[C@@H]1CCOC(O)C1)(C(C)C)C(C)C. The van der Waals surface area contributed by atoms with Crippen LogP contribution in [0, 0.1) is 0 Å². The van der Waals surface area contributed by atoms with E-state index in [1.165, 1.54) is 0 Å². The molecule has 0 aromatic carbocycles. The summed E-state index contributed by atoms with van der Waals surface area (Å²) in [6.07, 6.45) is 1.08. The molecule has 1 rings (SSSR count). The Hall–Kier alpha value is 0.0969. The van der Waals surface area contributed by atoms with Gasteiger partial charge < -0.3 is 14.3 Å². The van der Waals surface area contributed by atoms with Gasteiger partial charge in [-0.2, -0.15) is 0 Å². The van der Waals surface area contributed by atoms with Crippen molar-refractivity contribution in [1.29, 1.82) is 0 Å². The molecule has 0 spiro atoms. The quantitative estimate of drug-likeness (QED) is 0.777. The highest BCUT2D eigenvalue weighted by molar-refractivity contribution is 6.77. The van der Waals surface area contributed by atoms with Crippen LogP contribution in [-0.4, -0.2) is 32.4 Å². The standard InChI is InChI=1S/C14H30O3Si/c1-10(2)18(11(3)4,12(5)6)17-13-7-8-16-14(15)9-13/h10-15H,7-9H2,1-6H3/t13-,14?/m1/s1. The summed E-state index contributed by atoms with van der Waals surface area (Å²) in [6, 6.07) is 0. The molecule has 1 fully saturated rings. The lowest BCUT2D eigenvalue weighted by atomic mass is 10.1. The van der Waals surface area contributed by atoms with Gasteiger partial charge in [0.2, 0.25) is 8.32 Å². The molecule has 1 heterocycles. The van der Waals surface area contributed by atoms with E-state index in [4.69, 9.17) is 9.16 Å². The van der Waals surface area contributed by atoms with Crippen LogP contribution in [0.4, 0.5) is 0 Å². The number of hydrogen-bond donors (Lipinski definition) is 1. The van der Waals surface area contributed by atoms with Crippen LogP contribution in [0.3, 0.4) is 0 Å². The Morgan fingerprint density at radius 3 is 1.94 bits per heavy atom. The van der Waals surface area contributed by atoms with Gasteiger partial charge in [-0.1, -0.05) is 41.5 Å².